The molecule has 2 aliphatic rings. The molecule has 1 atom stereocenters. The van der Waals surface area contributed by atoms with E-state index in [0.717, 1.165) is 25.1 Å². The fourth-order valence-electron chi connectivity index (χ4n) is 3.32. The number of nitrogens with zero attached hydrogens (tertiary/aromatic N) is 1. The molecule has 3 rings (SSSR count). The third-order valence-electron chi connectivity index (χ3n) is 4.38. The highest BCUT2D eigenvalue weighted by Gasteiger charge is 2.29. The van der Waals surface area contributed by atoms with E-state index in [2.05, 4.69) is 35.3 Å². The van der Waals surface area contributed by atoms with E-state index >= 15 is 0 Å². The average molecular weight is 322 g/mol. The smallest absolute Gasteiger partial charge is 0.239 e. The molecule has 0 unspecified atom stereocenters. The molecule has 0 spiro atoms. The van der Waals surface area contributed by atoms with Crippen LogP contribution in [0.25, 0.3) is 0 Å². The second kappa shape index (κ2) is 5.91. The first-order chi connectivity index (χ1) is 10.4. The Morgan fingerprint density at radius 2 is 2.23 bits per heavy atom. The minimum atomic E-state index is -2.96. The van der Waals surface area contributed by atoms with Gasteiger partial charge in [-0.25, -0.2) is 8.42 Å². The molecule has 1 fully saturated rings. The van der Waals surface area contributed by atoms with Gasteiger partial charge in [0.2, 0.25) is 5.91 Å². The van der Waals surface area contributed by atoms with Gasteiger partial charge in [0.1, 0.15) is 0 Å². The maximum Gasteiger partial charge on any atom is 0.239 e. The number of fused-ring (bicyclic) bond motifs is 1. The summed E-state index contributed by atoms with van der Waals surface area (Å²) in [6.45, 7) is 3.24. The second-order valence-electron chi connectivity index (χ2n) is 6.32. The van der Waals surface area contributed by atoms with Crippen LogP contribution in [-0.2, 0) is 21.1 Å². The van der Waals surface area contributed by atoms with Gasteiger partial charge in [0.05, 0.1) is 18.1 Å². The van der Waals surface area contributed by atoms with Crippen LogP contribution >= 0.6 is 0 Å². The molecule has 1 amide bonds. The molecule has 0 bridgehead atoms. The van der Waals surface area contributed by atoms with Crippen molar-refractivity contribution in [2.45, 2.75) is 32.2 Å². The lowest BCUT2D eigenvalue weighted by Crippen LogP contribution is -2.44. The van der Waals surface area contributed by atoms with Gasteiger partial charge in [-0.3, -0.25) is 4.79 Å². The summed E-state index contributed by atoms with van der Waals surface area (Å²) in [4.78, 5) is 14.3. The molecule has 2 aliphatic heterocycles. The van der Waals surface area contributed by atoms with E-state index in [9.17, 15) is 13.2 Å². The highest BCUT2D eigenvalue weighted by atomic mass is 32.2. The molecule has 0 aromatic heterocycles. The summed E-state index contributed by atoms with van der Waals surface area (Å²) in [5.41, 5.74) is 3.66. The molecule has 0 aliphatic carbocycles. The number of carbonyl (C=O) groups is 1. The molecule has 6 heteroatoms. The van der Waals surface area contributed by atoms with Gasteiger partial charge in [-0.2, -0.15) is 0 Å². The monoisotopic (exact) mass is 322 g/mol. The molecule has 1 aromatic rings. The van der Waals surface area contributed by atoms with Crippen LogP contribution in [0.15, 0.2) is 18.2 Å². The largest absolute Gasteiger partial charge is 0.362 e. The van der Waals surface area contributed by atoms with Crippen LogP contribution in [0.3, 0.4) is 0 Å². The SMILES string of the molecule is Cc1ccc2c(c1)CCCN2CC(=O)N[C@H]1CCS(=O)(=O)C1. The molecule has 1 aromatic carbocycles. The number of carbonyl (C=O) groups excluding carboxylic acids is 1. The molecule has 120 valence electrons. The molecule has 22 heavy (non-hydrogen) atoms. The fourth-order valence-corrected chi connectivity index (χ4v) is 5.00. The van der Waals surface area contributed by atoms with E-state index < -0.39 is 9.84 Å². The summed E-state index contributed by atoms with van der Waals surface area (Å²) >= 11 is 0. The Morgan fingerprint density at radius 3 is 2.95 bits per heavy atom. The van der Waals surface area contributed by atoms with Gasteiger partial charge < -0.3 is 10.2 Å². The Balaban J connectivity index is 1.63. The summed E-state index contributed by atoms with van der Waals surface area (Å²) in [5, 5.41) is 2.86. The highest BCUT2D eigenvalue weighted by Crippen LogP contribution is 2.27. The quantitative estimate of drug-likeness (QED) is 0.903. The lowest BCUT2D eigenvalue weighted by Gasteiger charge is -2.31. The molecular weight excluding hydrogens is 300 g/mol. The number of rotatable bonds is 3. The number of amides is 1. The van der Waals surface area contributed by atoms with Gasteiger partial charge in [-0.15, -0.1) is 0 Å². The summed E-state index contributed by atoms with van der Waals surface area (Å²) in [5.74, 6) is 0.175. The van der Waals surface area contributed by atoms with E-state index in [-0.39, 0.29) is 23.5 Å². The Hall–Kier alpha value is -1.56. The minimum absolute atomic E-state index is 0.0779. The number of aryl methyl sites for hydroxylation is 2. The molecule has 1 saturated heterocycles. The number of anilines is 1. The van der Waals surface area contributed by atoms with Gasteiger partial charge in [-0.1, -0.05) is 17.7 Å². The van der Waals surface area contributed by atoms with E-state index in [1.54, 1.807) is 0 Å². The van der Waals surface area contributed by atoms with Crippen molar-refractivity contribution in [3.63, 3.8) is 0 Å². The first kappa shape index (κ1) is 15.3. The average Bonchev–Trinajstić information content (AvgIpc) is 2.77. The van der Waals surface area contributed by atoms with Crippen molar-refractivity contribution >= 4 is 21.4 Å². The van der Waals surface area contributed by atoms with E-state index in [0.29, 0.717) is 13.0 Å². The van der Waals surface area contributed by atoms with Crippen LogP contribution in [-0.4, -0.2) is 45.0 Å². The Morgan fingerprint density at radius 1 is 1.41 bits per heavy atom. The van der Waals surface area contributed by atoms with Crippen molar-refractivity contribution in [3.8, 4) is 0 Å². The van der Waals surface area contributed by atoms with Crippen molar-refractivity contribution in [3.05, 3.63) is 29.3 Å². The molecule has 2 heterocycles. The lowest BCUT2D eigenvalue weighted by atomic mass is 9.99. The van der Waals surface area contributed by atoms with E-state index in [1.165, 1.54) is 11.1 Å². The van der Waals surface area contributed by atoms with Crippen LogP contribution in [0.5, 0.6) is 0 Å². The number of hydrogen-bond donors (Lipinski definition) is 1. The Kier molecular flexibility index (Phi) is 4.12. The van der Waals surface area contributed by atoms with Crippen molar-refractivity contribution in [2.75, 3.05) is 29.5 Å². The van der Waals surface area contributed by atoms with Crippen molar-refractivity contribution in [1.82, 2.24) is 5.32 Å². The third kappa shape index (κ3) is 3.43. The third-order valence-corrected chi connectivity index (χ3v) is 6.15. The van der Waals surface area contributed by atoms with Crippen LogP contribution in [0.2, 0.25) is 0 Å². The maximum absolute atomic E-state index is 12.2. The molecular formula is C16H22N2O3S. The minimum Gasteiger partial charge on any atom is -0.362 e. The number of nitrogens with one attached hydrogen (secondary N) is 1. The van der Waals surface area contributed by atoms with Crippen LogP contribution in [0.4, 0.5) is 5.69 Å². The Bertz CT molecular complexity index is 685. The molecule has 5 nitrogen and oxygen atoms in total. The normalized spacial score (nSPS) is 23.1. The van der Waals surface area contributed by atoms with Gasteiger partial charge in [0.15, 0.2) is 9.84 Å². The van der Waals surface area contributed by atoms with Crippen molar-refractivity contribution in [1.29, 1.82) is 0 Å². The lowest BCUT2D eigenvalue weighted by molar-refractivity contribution is -0.120. The Labute approximate surface area is 131 Å². The highest BCUT2D eigenvalue weighted by molar-refractivity contribution is 7.91. The van der Waals surface area contributed by atoms with Crippen molar-refractivity contribution in [2.24, 2.45) is 0 Å². The number of sulfone groups is 1. The summed E-state index contributed by atoms with van der Waals surface area (Å²) in [6.07, 6.45) is 2.63. The van der Waals surface area contributed by atoms with Crippen LogP contribution < -0.4 is 10.2 Å². The molecule has 0 radical (unpaired) electrons. The predicted octanol–water partition coefficient (Wildman–Crippen LogP) is 1.05. The number of benzene rings is 1. The first-order valence-electron chi connectivity index (χ1n) is 7.77. The zero-order chi connectivity index (χ0) is 15.7. The summed E-state index contributed by atoms with van der Waals surface area (Å²) in [6, 6.07) is 6.11. The van der Waals surface area contributed by atoms with Gasteiger partial charge in [-0.05, 0) is 37.8 Å². The zero-order valence-electron chi connectivity index (χ0n) is 12.8. The topological polar surface area (TPSA) is 66.5 Å². The summed E-state index contributed by atoms with van der Waals surface area (Å²) in [7, 11) is -2.96. The van der Waals surface area contributed by atoms with E-state index in [4.69, 9.17) is 0 Å². The van der Waals surface area contributed by atoms with Crippen LogP contribution in [0, 0.1) is 6.92 Å². The summed E-state index contributed by atoms with van der Waals surface area (Å²) < 4.78 is 22.9. The van der Waals surface area contributed by atoms with Gasteiger partial charge >= 0.3 is 0 Å². The fraction of sp³-hybridized carbons (Fsp3) is 0.562. The number of hydrogen-bond acceptors (Lipinski definition) is 4. The van der Waals surface area contributed by atoms with Crippen LogP contribution in [0.1, 0.15) is 24.0 Å². The van der Waals surface area contributed by atoms with Gasteiger partial charge in [0.25, 0.3) is 0 Å². The maximum atomic E-state index is 12.2. The molecule has 0 saturated carbocycles. The molecule has 1 N–H and O–H groups in total. The second-order valence-corrected chi connectivity index (χ2v) is 8.55. The predicted molar refractivity (Wildman–Crippen MR) is 86.9 cm³/mol. The standard InChI is InChI=1S/C16H22N2O3S/c1-12-4-5-15-13(9-12)3-2-7-18(15)10-16(19)17-14-6-8-22(20,21)11-14/h4-5,9,14H,2-3,6-8,10-11H2,1H3,(H,17,19)/t14-/m0/s1. The van der Waals surface area contributed by atoms with E-state index in [1.807, 2.05) is 0 Å². The zero-order valence-corrected chi connectivity index (χ0v) is 13.7. The van der Waals surface area contributed by atoms with Gasteiger partial charge in [0, 0.05) is 18.3 Å². The first-order valence-corrected chi connectivity index (χ1v) is 9.59. The van der Waals surface area contributed by atoms with Crippen molar-refractivity contribution < 1.29 is 13.2 Å².